The van der Waals surface area contributed by atoms with Crippen molar-refractivity contribution in [2.24, 2.45) is 0 Å². The van der Waals surface area contributed by atoms with E-state index >= 15 is 0 Å². The molecule has 0 radical (unpaired) electrons. The van der Waals surface area contributed by atoms with Gasteiger partial charge in [0.05, 0.1) is 41.9 Å². The van der Waals surface area contributed by atoms with Crippen molar-refractivity contribution < 1.29 is 14.1 Å². The van der Waals surface area contributed by atoms with Crippen LogP contribution in [0.4, 0.5) is 0 Å². The van der Waals surface area contributed by atoms with Crippen LogP contribution in [0.1, 0.15) is 57.5 Å². The van der Waals surface area contributed by atoms with Gasteiger partial charge in [0.1, 0.15) is 5.76 Å². The molecule has 1 N–H and O–H groups in total. The van der Waals surface area contributed by atoms with Gasteiger partial charge in [-0.3, -0.25) is 4.79 Å². The van der Waals surface area contributed by atoms with Crippen molar-refractivity contribution in [3.63, 3.8) is 0 Å². The summed E-state index contributed by atoms with van der Waals surface area (Å²) < 4.78 is 13.0. The van der Waals surface area contributed by atoms with Gasteiger partial charge in [-0.1, -0.05) is 28.9 Å². The SMILES string of the molecule is Cc1cccc(Cl)c1-n1ncc2c1COC[C@@H]2NC(=O)c1noc2c1CCCC2. The fourth-order valence-corrected chi connectivity index (χ4v) is 4.48. The lowest BCUT2D eigenvalue weighted by Gasteiger charge is -2.24. The summed E-state index contributed by atoms with van der Waals surface area (Å²) >= 11 is 6.43. The van der Waals surface area contributed by atoms with E-state index in [0.717, 1.165) is 59.5 Å². The third-order valence-corrected chi connectivity index (χ3v) is 5.98. The molecule has 0 saturated carbocycles. The van der Waals surface area contributed by atoms with E-state index in [2.05, 4.69) is 15.6 Å². The van der Waals surface area contributed by atoms with Gasteiger partial charge >= 0.3 is 0 Å². The number of nitrogens with one attached hydrogen (secondary N) is 1. The molecule has 1 aromatic carbocycles. The topological polar surface area (TPSA) is 82.2 Å². The molecule has 1 aliphatic carbocycles. The molecule has 1 aliphatic heterocycles. The number of para-hydroxylation sites is 1. The number of carbonyl (C=O) groups is 1. The fraction of sp³-hybridized carbons (Fsp3) is 0.381. The second-order valence-corrected chi connectivity index (χ2v) is 7.95. The predicted octanol–water partition coefficient (Wildman–Crippen LogP) is 3.70. The number of hydrogen-bond acceptors (Lipinski definition) is 5. The number of hydrogen-bond donors (Lipinski definition) is 1. The average Bonchev–Trinajstić information content (AvgIpc) is 3.33. The minimum Gasteiger partial charge on any atom is -0.373 e. The lowest BCUT2D eigenvalue weighted by molar-refractivity contribution is 0.0682. The summed E-state index contributed by atoms with van der Waals surface area (Å²) in [4.78, 5) is 12.9. The Kier molecular flexibility index (Phi) is 4.64. The molecule has 0 saturated heterocycles. The quantitative estimate of drug-likeness (QED) is 0.709. The maximum atomic E-state index is 12.9. The van der Waals surface area contributed by atoms with E-state index in [1.165, 1.54) is 0 Å². The number of ether oxygens (including phenoxy) is 1. The highest BCUT2D eigenvalue weighted by molar-refractivity contribution is 6.32. The molecule has 3 heterocycles. The van der Waals surface area contributed by atoms with Crippen molar-refractivity contribution in [2.75, 3.05) is 6.61 Å². The van der Waals surface area contributed by atoms with Gasteiger partial charge in [0, 0.05) is 17.5 Å². The van der Waals surface area contributed by atoms with Crippen molar-refractivity contribution in [2.45, 2.75) is 45.3 Å². The molecule has 29 heavy (non-hydrogen) atoms. The van der Waals surface area contributed by atoms with Crippen molar-refractivity contribution in [1.82, 2.24) is 20.3 Å². The number of benzene rings is 1. The lowest BCUT2D eigenvalue weighted by Crippen LogP contribution is -2.35. The number of aromatic nitrogens is 3. The molecule has 2 aromatic heterocycles. The maximum absolute atomic E-state index is 12.9. The number of rotatable bonds is 3. The number of nitrogens with zero attached hydrogens (tertiary/aromatic N) is 3. The Bertz CT molecular complexity index is 1070. The Balaban J connectivity index is 1.44. The molecule has 0 unspecified atom stereocenters. The van der Waals surface area contributed by atoms with Crippen LogP contribution >= 0.6 is 11.6 Å². The third kappa shape index (κ3) is 3.14. The van der Waals surface area contributed by atoms with E-state index in [1.807, 2.05) is 29.8 Å². The minimum atomic E-state index is -0.307. The number of aryl methyl sites for hydroxylation is 2. The summed E-state index contributed by atoms with van der Waals surface area (Å²) in [6.07, 6.45) is 5.58. The van der Waals surface area contributed by atoms with Gasteiger partial charge in [-0.25, -0.2) is 4.68 Å². The molecule has 150 valence electrons. The third-order valence-electron chi connectivity index (χ3n) is 5.67. The van der Waals surface area contributed by atoms with Crippen LogP contribution < -0.4 is 5.32 Å². The molecule has 0 fully saturated rings. The van der Waals surface area contributed by atoms with E-state index in [-0.39, 0.29) is 11.9 Å². The first-order valence-electron chi connectivity index (χ1n) is 9.82. The zero-order valence-corrected chi connectivity index (χ0v) is 16.8. The van der Waals surface area contributed by atoms with Crippen LogP contribution in [-0.2, 0) is 24.2 Å². The van der Waals surface area contributed by atoms with Crippen LogP contribution in [-0.4, -0.2) is 27.5 Å². The molecule has 3 aromatic rings. The van der Waals surface area contributed by atoms with Crippen LogP contribution in [0.15, 0.2) is 28.9 Å². The molecule has 1 atom stereocenters. The van der Waals surface area contributed by atoms with Crippen molar-refractivity contribution in [3.05, 3.63) is 63.3 Å². The molecule has 7 nitrogen and oxygen atoms in total. The Morgan fingerprint density at radius 3 is 3.03 bits per heavy atom. The normalized spacial score (nSPS) is 18.2. The summed E-state index contributed by atoms with van der Waals surface area (Å²) in [5, 5.41) is 12.2. The van der Waals surface area contributed by atoms with Crippen molar-refractivity contribution in [1.29, 1.82) is 0 Å². The van der Waals surface area contributed by atoms with Gasteiger partial charge < -0.3 is 14.6 Å². The number of carbonyl (C=O) groups excluding carboxylic acids is 1. The number of fused-ring (bicyclic) bond motifs is 2. The van der Waals surface area contributed by atoms with Crippen molar-refractivity contribution >= 4 is 17.5 Å². The molecule has 8 heteroatoms. The van der Waals surface area contributed by atoms with Gasteiger partial charge in [0.15, 0.2) is 5.69 Å². The maximum Gasteiger partial charge on any atom is 0.274 e. The van der Waals surface area contributed by atoms with Crippen LogP contribution in [0.5, 0.6) is 0 Å². The minimum absolute atomic E-state index is 0.236. The van der Waals surface area contributed by atoms with Gasteiger partial charge in [-0.2, -0.15) is 5.10 Å². The summed E-state index contributed by atoms with van der Waals surface area (Å²) in [5.74, 6) is 0.601. The van der Waals surface area contributed by atoms with Crippen molar-refractivity contribution in [3.8, 4) is 5.69 Å². The second kappa shape index (κ2) is 7.31. The largest absolute Gasteiger partial charge is 0.373 e. The van der Waals surface area contributed by atoms with Gasteiger partial charge in [0.25, 0.3) is 5.91 Å². The number of halogens is 1. The summed E-state index contributed by atoms with van der Waals surface area (Å²) in [6.45, 7) is 2.78. The first kappa shape index (κ1) is 18.4. The van der Waals surface area contributed by atoms with Gasteiger partial charge in [-0.05, 0) is 37.8 Å². The predicted molar refractivity (Wildman–Crippen MR) is 106 cm³/mol. The van der Waals surface area contributed by atoms with Gasteiger partial charge in [-0.15, -0.1) is 0 Å². The Labute approximate surface area is 173 Å². The highest BCUT2D eigenvalue weighted by Crippen LogP contribution is 2.31. The monoisotopic (exact) mass is 412 g/mol. The molecule has 1 amide bonds. The molecule has 0 bridgehead atoms. The van der Waals surface area contributed by atoms with E-state index < -0.39 is 0 Å². The standard InChI is InChI=1S/C21H21ClN4O3/c1-12-5-4-7-15(22)20(12)26-17-11-28-10-16(14(17)9-23-26)24-21(27)19-13-6-2-3-8-18(13)29-25-19/h4-5,7,9,16H,2-3,6,8,10-11H2,1H3,(H,24,27)/t16-/m0/s1. The first-order chi connectivity index (χ1) is 14.1. The second-order valence-electron chi connectivity index (χ2n) is 7.54. The van der Waals surface area contributed by atoms with Crippen LogP contribution in [0.3, 0.4) is 0 Å². The van der Waals surface area contributed by atoms with E-state index in [0.29, 0.717) is 23.9 Å². The lowest BCUT2D eigenvalue weighted by atomic mass is 9.96. The molecule has 2 aliphatic rings. The van der Waals surface area contributed by atoms with Gasteiger partial charge in [0.2, 0.25) is 0 Å². The Morgan fingerprint density at radius 1 is 1.31 bits per heavy atom. The average molecular weight is 413 g/mol. The number of amides is 1. The zero-order chi connectivity index (χ0) is 20.0. The van der Waals surface area contributed by atoms with Crippen LogP contribution in [0, 0.1) is 6.92 Å². The first-order valence-corrected chi connectivity index (χ1v) is 10.2. The summed E-state index contributed by atoms with van der Waals surface area (Å²) in [5.41, 5.74) is 5.00. The van der Waals surface area contributed by atoms with E-state index in [9.17, 15) is 4.79 Å². The molecule has 5 rings (SSSR count). The van der Waals surface area contributed by atoms with Crippen LogP contribution in [0.25, 0.3) is 5.69 Å². The Hall–Kier alpha value is -2.64. The molecular formula is C21H21ClN4O3. The highest BCUT2D eigenvalue weighted by atomic mass is 35.5. The summed E-state index contributed by atoms with van der Waals surface area (Å²) in [7, 11) is 0. The fourth-order valence-electron chi connectivity index (χ4n) is 4.18. The highest BCUT2D eigenvalue weighted by Gasteiger charge is 2.30. The summed E-state index contributed by atoms with van der Waals surface area (Å²) in [6, 6.07) is 5.44. The van der Waals surface area contributed by atoms with Crippen LogP contribution in [0.2, 0.25) is 5.02 Å². The zero-order valence-electron chi connectivity index (χ0n) is 16.1. The Morgan fingerprint density at radius 2 is 2.17 bits per heavy atom. The van der Waals surface area contributed by atoms with E-state index in [4.69, 9.17) is 20.9 Å². The smallest absolute Gasteiger partial charge is 0.274 e. The molecular weight excluding hydrogens is 392 g/mol. The van der Waals surface area contributed by atoms with E-state index in [1.54, 1.807) is 6.20 Å². The molecule has 0 spiro atoms.